The van der Waals surface area contributed by atoms with Gasteiger partial charge in [-0.1, -0.05) is 6.92 Å². The first-order valence-corrected chi connectivity index (χ1v) is 9.60. The number of anilines is 1. The van der Waals surface area contributed by atoms with Gasteiger partial charge in [-0.3, -0.25) is 0 Å². The van der Waals surface area contributed by atoms with Crippen molar-refractivity contribution in [2.24, 2.45) is 0 Å². The van der Waals surface area contributed by atoms with Crippen LogP contribution < -0.4 is 4.90 Å². The molecule has 3 rings (SSSR count). The van der Waals surface area contributed by atoms with Gasteiger partial charge in [-0.25, -0.2) is 4.98 Å². The van der Waals surface area contributed by atoms with E-state index in [9.17, 15) is 0 Å². The van der Waals surface area contributed by atoms with Gasteiger partial charge in [-0.2, -0.15) is 9.17 Å². The molecule has 2 aliphatic heterocycles. The van der Waals surface area contributed by atoms with E-state index in [2.05, 4.69) is 21.8 Å². The quantitative estimate of drug-likeness (QED) is 0.607. The molecule has 22 heavy (non-hydrogen) atoms. The highest BCUT2D eigenvalue weighted by molar-refractivity contribution is 7.92. The van der Waals surface area contributed by atoms with Gasteiger partial charge in [0.25, 0.3) is 4.90 Å². The molecule has 1 fully saturated rings. The zero-order valence-electron chi connectivity index (χ0n) is 13.2. The fourth-order valence-corrected chi connectivity index (χ4v) is 5.08. The average molecular weight is 345 g/mol. The number of fused-ring (bicyclic) bond motifs is 1. The molecule has 0 amide bonds. The SMILES string of the molecule is CCCN(c1nc(Cl)nc2c1[S+](OC)CC2)C1CCOCC1. The Bertz CT molecular complexity index is 526. The highest BCUT2D eigenvalue weighted by Crippen LogP contribution is 2.37. The second kappa shape index (κ2) is 7.34. The van der Waals surface area contributed by atoms with Crippen LogP contribution in [0.15, 0.2) is 4.90 Å². The monoisotopic (exact) mass is 344 g/mol. The van der Waals surface area contributed by atoms with E-state index in [0.29, 0.717) is 11.3 Å². The van der Waals surface area contributed by atoms with Crippen molar-refractivity contribution in [3.63, 3.8) is 0 Å². The Morgan fingerprint density at radius 3 is 2.82 bits per heavy atom. The number of nitrogens with zero attached hydrogens (tertiary/aromatic N) is 3. The molecular weight excluding hydrogens is 322 g/mol. The van der Waals surface area contributed by atoms with Gasteiger partial charge in [-0.05, 0) is 30.9 Å². The number of hydrogen-bond acceptors (Lipinski definition) is 5. The summed E-state index contributed by atoms with van der Waals surface area (Å²) >= 11 is 5.98. The maximum atomic E-state index is 6.19. The summed E-state index contributed by atoms with van der Waals surface area (Å²) in [4.78, 5) is 12.6. The number of rotatable bonds is 5. The van der Waals surface area contributed by atoms with Crippen LogP contribution in [0.5, 0.6) is 0 Å². The van der Waals surface area contributed by atoms with Crippen LogP contribution >= 0.6 is 11.6 Å². The number of ether oxygens (including phenoxy) is 1. The van der Waals surface area contributed by atoms with Crippen LogP contribution in [0, 0.1) is 0 Å². The van der Waals surface area contributed by atoms with E-state index < -0.39 is 0 Å². The van der Waals surface area contributed by atoms with E-state index >= 15 is 0 Å². The molecule has 0 spiro atoms. The van der Waals surface area contributed by atoms with Gasteiger partial charge in [0.2, 0.25) is 5.28 Å². The summed E-state index contributed by atoms with van der Waals surface area (Å²) in [5, 5.41) is 0.350. The number of aromatic nitrogens is 2. The molecular formula is C15H23ClN3O2S+. The molecule has 5 nitrogen and oxygen atoms in total. The van der Waals surface area contributed by atoms with Crippen molar-refractivity contribution in [1.82, 2.24) is 9.97 Å². The lowest BCUT2D eigenvalue weighted by molar-refractivity contribution is 0.0841. The molecule has 0 aliphatic carbocycles. The Morgan fingerprint density at radius 1 is 1.36 bits per heavy atom. The zero-order chi connectivity index (χ0) is 15.5. The minimum absolute atomic E-state index is 0.214. The summed E-state index contributed by atoms with van der Waals surface area (Å²) in [6, 6.07) is 0.465. The third-order valence-corrected chi connectivity index (χ3v) is 6.23. The lowest BCUT2D eigenvalue weighted by atomic mass is 10.1. The molecule has 0 saturated carbocycles. The number of aryl methyl sites for hydroxylation is 1. The molecule has 7 heteroatoms. The molecule has 1 aromatic heterocycles. The van der Waals surface area contributed by atoms with Crippen LogP contribution in [-0.4, -0.2) is 48.6 Å². The van der Waals surface area contributed by atoms with Crippen LogP contribution in [-0.2, 0) is 26.5 Å². The Kier molecular flexibility index (Phi) is 5.44. The molecule has 122 valence electrons. The van der Waals surface area contributed by atoms with Crippen molar-refractivity contribution in [3.8, 4) is 0 Å². The largest absolute Gasteiger partial charge is 0.381 e. The van der Waals surface area contributed by atoms with Crippen LogP contribution in [0.4, 0.5) is 5.82 Å². The molecule has 1 atom stereocenters. The summed E-state index contributed by atoms with van der Waals surface area (Å²) in [6.45, 7) is 4.82. The average Bonchev–Trinajstić information content (AvgIpc) is 2.95. The minimum atomic E-state index is -0.214. The predicted molar refractivity (Wildman–Crippen MR) is 89.7 cm³/mol. The van der Waals surface area contributed by atoms with Crippen LogP contribution in [0.1, 0.15) is 31.9 Å². The summed E-state index contributed by atoms with van der Waals surface area (Å²) in [6.07, 6.45) is 4.08. The van der Waals surface area contributed by atoms with Crippen molar-refractivity contribution in [1.29, 1.82) is 0 Å². The minimum Gasteiger partial charge on any atom is -0.381 e. The molecule has 1 saturated heterocycles. The van der Waals surface area contributed by atoms with Gasteiger partial charge in [0.05, 0.1) is 7.11 Å². The summed E-state index contributed by atoms with van der Waals surface area (Å²) < 4.78 is 11.2. The molecule has 3 heterocycles. The van der Waals surface area contributed by atoms with Gasteiger partial charge in [0.15, 0.2) is 22.7 Å². The van der Waals surface area contributed by atoms with Crippen molar-refractivity contribution >= 4 is 28.6 Å². The van der Waals surface area contributed by atoms with Gasteiger partial charge in [0.1, 0.15) is 5.69 Å². The number of hydrogen-bond donors (Lipinski definition) is 0. The van der Waals surface area contributed by atoms with Gasteiger partial charge in [0, 0.05) is 32.2 Å². The molecule has 0 radical (unpaired) electrons. The fraction of sp³-hybridized carbons (Fsp3) is 0.733. The van der Waals surface area contributed by atoms with Crippen molar-refractivity contribution < 1.29 is 8.92 Å². The fourth-order valence-electron chi connectivity index (χ4n) is 3.21. The van der Waals surface area contributed by atoms with Crippen molar-refractivity contribution in [2.75, 3.05) is 37.5 Å². The van der Waals surface area contributed by atoms with E-state index in [-0.39, 0.29) is 11.2 Å². The molecule has 1 aromatic rings. The lowest BCUT2D eigenvalue weighted by Crippen LogP contribution is -2.41. The van der Waals surface area contributed by atoms with Crippen molar-refractivity contribution in [2.45, 2.75) is 43.5 Å². The molecule has 0 N–H and O–H groups in total. The summed E-state index contributed by atoms with van der Waals surface area (Å²) in [5.74, 6) is 1.98. The van der Waals surface area contributed by atoms with Crippen LogP contribution in [0.2, 0.25) is 5.28 Å². The van der Waals surface area contributed by atoms with Gasteiger partial charge >= 0.3 is 0 Å². The summed E-state index contributed by atoms with van der Waals surface area (Å²) in [7, 11) is 1.77. The van der Waals surface area contributed by atoms with E-state index in [1.54, 1.807) is 7.11 Å². The van der Waals surface area contributed by atoms with Crippen molar-refractivity contribution in [3.05, 3.63) is 11.0 Å². The molecule has 2 aliphatic rings. The Labute approximate surface area is 139 Å². The third-order valence-electron chi connectivity index (χ3n) is 4.21. The summed E-state index contributed by atoms with van der Waals surface area (Å²) in [5.41, 5.74) is 1.06. The topological polar surface area (TPSA) is 47.5 Å². The Hall–Kier alpha value is -0.560. The standard InChI is InChI=1S/C15H23ClN3O2S/c1-3-7-19(11-4-8-21-9-5-11)14-13-12(17-15(16)18-14)6-10-22(13)20-2/h11H,3-10H2,1-2H3/q+1. The second-order valence-electron chi connectivity index (χ2n) is 5.60. The predicted octanol–water partition coefficient (Wildman–Crippen LogP) is 2.62. The molecule has 0 bridgehead atoms. The van der Waals surface area contributed by atoms with E-state index in [1.807, 2.05) is 0 Å². The van der Waals surface area contributed by atoms with Gasteiger partial charge in [-0.15, -0.1) is 0 Å². The van der Waals surface area contributed by atoms with Crippen LogP contribution in [0.3, 0.4) is 0 Å². The first kappa shape index (κ1) is 16.3. The first-order chi connectivity index (χ1) is 10.7. The molecule has 1 unspecified atom stereocenters. The molecule has 0 aromatic carbocycles. The highest BCUT2D eigenvalue weighted by Gasteiger charge is 2.42. The van der Waals surface area contributed by atoms with E-state index in [1.165, 1.54) is 4.90 Å². The normalized spacial score (nSPS) is 21.9. The van der Waals surface area contributed by atoms with Crippen LogP contribution in [0.25, 0.3) is 0 Å². The Balaban J connectivity index is 1.99. The smallest absolute Gasteiger partial charge is 0.254 e. The zero-order valence-corrected chi connectivity index (χ0v) is 14.8. The van der Waals surface area contributed by atoms with E-state index in [0.717, 1.165) is 62.7 Å². The number of halogens is 1. The third kappa shape index (κ3) is 3.20. The Morgan fingerprint density at radius 2 is 2.14 bits per heavy atom. The second-order valence-corrected chi connectivity index (χ2v) is 7.77. The maximum absolute atomic E-state index is 6.19. The maximum Gasteiger partial charge on any atom is 0.254 e. The highest BCUT2D eigenvalue weighted by atomic mass is 35.5. The lowest BCUT2D eigenvalue weighted by Gasteiger charge is -2.35. The van der Waals surface area contributed by atoms with E-state index in [4.69, 9.17) is 20.5 Å². The van der Waals surface area contributed by atoms with Gasteiger partial charge < -0.3 is 9.64 Å². The first-order valence-electron chi connectivity index (χ1n) is 7.90.